The number of thiol groups is 1. The quantitative estimate of drug-likeness (QED) is 0.679. The molecule has 0 bridgehead atoms. The predicted octanol–water partition coefficient (Wildman–Crippen LogP) is 3.10. The van der Waals surface area contributed by atoms with Crippen molar-refractivity contribution >= 4 is 18.3 Å². The highest BCUT2D eigenvalue weighted by atomic mass is 32.1. The van der Waals surface area contributed by atoms with E-state index in [1.807, 2.05) is 0 Å². The molecule has 2 nitrogen and oxygen atoms in total. The predicted molar refractivity (Wildman–Crippen MR) is 70.9 cm³/mol. The van der Waals surface area contributed by atoms with Gasteiger partial charge in [-0.1, -0.05) is 20.8 Å². The van der Waals surface area contributed by atoms with Gasteiger partial charge in [0.25, 0.3) is 0 Å². The van der Waals surface area contributed by atoms with Crippen LogP contribution in [0.5, 0.6) is 0 Å². The van der Waals surface area contributed by atoms with Gasteiger partial charge in [-0.3, -0.25) is 0 Å². The summed E-state index contributed by atoms with van der Waals surface area (Å²) in [4.78, 5) is 4.47. The van der Waals surface area contributed by atoms with E-state index < -0.39 is 0 Å². The van der Waals surface area contributed by atoms with Crippen LogP contribution in [0.1, 0.15) is 38.4 Å². The van der Waals surface area contributed by atoms with Gasteiger partial charge in [0.15, 0.2) is 0 Å². The monoisotopic (exact) mass is 236 g/mol. The van der Waals surface area contributed by atoms with Gasteiger partial charge in [0, 0.05) is 5.69 Å². The first-order valence-corrected chi connectivity index (χ1v) is 6.30. The van der Waals surface area contributed by atoms with Gasteiger partial charge in [0.2, 0.25) is 0 Å². The third kappa shape index (κ3) is 2.19. The minimum absolute atomic E-state index is 0.367. The van der Waals surface area contributed by atoms with Crippen LogP contribution in [0.15, 0.2) is 11.1 Å². The van der Waals surface area contributed by atoms with E-state index in [-0.39, 0.29) is 0 Å². The van der Waals surface area contributed by atoms with E-state index in [1.54, 1.807) is 0 Å². The van der Waals surface area contributed by atoms with Crippen molar-refractivity contribution in [1.82, 2.24) is 4.98 Å². The minimum atomic E-state index is 0.367. The van der Waals surface area contributed by atoms with Crippen LogP contribution >= 0.6 is 12.6 Å². The summed E-state index contributed by atoms with van der Waals surface area (Å²) in [5.41, 5.74) is 9.45. The van der Waals surface area contributed by atoms with Crippen LogP contribution in [0.25, 0.3) is 0 Å². The normalized spacial score (nSPS) is 20.6. The van der Waals surface area contributed by atoms with E-state index in [4.69, 9.17) is 5.73 Å². The Bertz CT molecular complexity index is 407. The minimum Gasteiger partial charge on any atom is -0.397 e. The van der Waals surface area contributed by atoms with Gasteiger partial charge in [-0.2, -0.15) is 0 Å². The van der Waals surface area contributed by atoms with Crippen LogP contribution in [0, 0.1) is 11.3 Å². The summed E-state index contributed by atoms with van der Waals surface area (Å²) in [6, 6.07) is 2.06. The number of aromatic nitrogens is 1. The van der Waals surface area contributed by atoms with Crippen molar-refractivity contribution in [1.29, 1.82) is 0 Å². The second-order valence-corrected chi connectivity index (χ2v) is 6.24. The molecule has 1 aromatic rings. The molecular formula is C13H20N2S. The Morgan fingerprint density at radius 3 is 2.75 bits per heavy atom. The smallest absolute Gasteiger partial charge is 0.116 e. The largest absolute Gasteiger partial charge is 0.397 e. The van der Waals surface area contributed by atoms with Crippen molar-refractivity contribution in [3.63, 3.8) is 0 Å². The van der Waals surface area contributed by atoms with Crippen LogP contribution in [0.3, 0.4) is 0 Å². The van der Waals surface area contributed by atoms with Gasteiger partial charge in [-0.05, 0) is 42.2 Å². The Balaban J connectivity index is 2.31. The fraction of sp³-hybridized carbons (Fsp3) is 0.615. The van der Waals surface area contributed by atoms with Crippen molar-refractivity contribution < 1.29 is 0 Å². The molecule has 0 amide bonds. The first-order valence-electron chi connectivity index (χ1n) is 5.85. The number of nitrogen functional groups attached to an aromatic ring is 1. The molecule has 0 saturated heterocycles. The summed E-state index contributed by atoms with van der Waals surface area (Å²) in [6.45, 7) is 6.94. The molecule has 0 saturated carbocycles. The number of fused-ring (bicyclic) bond motifs is 1. The van der Waals surface area contributed by atoms with Crippen LogP contribution in [0.2, 0.25) is 0 Å². The van der Waals surface area contributed by atoms with Gasteiger partial charge in [-0.25, -0.2) is 4.98 Å². The molecule has 1 heterocycles. The molecule has 1 atom stereocenters. The number of aryl methyl sites for hydroxylation is 1. The lowest BCUT2D eigenvalue weighted by Gasteiger charge is -2.34. The summed E-state index contributed by atoms with van der Waals surface area (Å²) >= 11 is 4.28. The van der Waals surface area contributed by atoms with E-state index in [2.05, 4.69) is 44.5 Å². The van der Waals surface area contributed by atoms with Crippen molar-refractivity contribution in [2.24, 2.45) is 11.3 Å². The molecule has 2 N–H and O–H groups in total. The molecule has 2 rings (SSSR count). The molecule has 0 aromatic carbocycles. The number of hydrogen-bond donors (Lipinski definition) is 2. The Morgan fingerprint density at radius 2 is 2.12 bits per heavy atom. The van der Waals surface area contributed by atoms with Gasteiger partial charge in [0.05, 0.1) is 5.69 Å². The van der Waals surface area contributed by atoms with Crippen LogP contribution in [-0.2, 0) is 12.8 Å². The number of anilines is 1. The highest BCUT2D eigenvalue weighted by Crippen LogP contribution is 2.37. The molecule has 1 aliphatic rings. The summed E-state index contributed by atoms with van der Waals surface area (Å²) in [5, 5.41) is 0.674. The fourth-order valence-electron chi connectivity index (χ4n) is 2.41. The molecule has 16 heavy (non-hydrogen) atoms. The molecule has 0 radical (unpaired) electrons. The number of rotatable bonds is 0. The topological polar surface area (TPSA) is 38.9 Å². The number of pyridine rings is 1. The Morgan fingerprint density at radius 1 is 1.44 bits per heavy atom. The molecule has 3 heteroatoms. The van der Waals surface area contributed by atoms with Gasteiger partial charge < -0.3 is 5.73 Å². The number of hydrogen-bond acceptors (Lipinski definition) is 3. The molecule has 0 aliphatic heterocycles. The average Bonchev–Trinajstić information content (AvgIpc) is 2.17. The SMILES string of the molecule is CC(C)(C)C1CCc2nc(S)c(N)cc2C1. The number of nitrogens with zero attached hydrogens (tertiary/aromatic N) is 1. The third-order valence-corrected chi connectivity index (χ3v) is 3.98. The average molecular weight is 236 g/mol. The van der Waals surface area contributed by atoms with Gasteiger partial charge in [0.1, 0.15) is 5.03 Å². The molecule has 1 aromatic heterocycles. The number of nitrogens with two attached hydrogens (primary N) is 1. The van der Waals surface area contributed by atoms with E-state index in [1.165, 1.54) is 17.7 Å². The van der Waals surface area contributed by atoms with E-state index in [0.29, 0.717) is 16.1 Å². The lowest BCUT2D eigenvalue weighted by atomic mass is 9.71. The first-order chi connectivity index (χ1) is 7.38. The highest BCUT2D eigenvalue weighted by molar-refractivity contribution is 7.80. The maximum absolute atomic E-state index is 5.86. The first kappa shape index (κ1) is 11.8. The lowest BCUT2D eigenvalue weighted by molar-refractivity contribution is 0.214. The summed E-state index contributed by atoms with van der Waals surface area (Å²) in [6.07, 6.45) is 3.38. The van der Waals surface area contributed by atoms with E-state index in [9.17, 15) is 0 Å². The molecule has 0 fully saturated rings. The van der Waals surface area contributed by atoms with Gasteiger partial charge >= 0.3 is 0 Å². The second kappa shape index (κ2) is 3.95. The molecular weight excluding hydrogens is 216 g/mol. The maximum atomic E-state index is 5.86. The second-order valence-electron chi connectivity index (χ2n) is 5.81. The standard InChI is InChI=1S/C13H20N2S/c1-13(2,3)9-4-5-11-8(6-9)7-10(14)12(16)15-11/h7,9H,4-6,14H2,1-3H3,(H,15,16). The zero-order valence-electron chi connectivity index (χ0n) is 10.2. The van der Waals surface area contributed by atoms with Crippen LogP contribution in [-0.4, -0.2) is 4.98 Å². The van der Waals surface area contributed by atoms with Crippen LogP contribution < -0.4 is 5.73 Å². The van der Waals surface area contributed by atoms with Gasteiger partial charge in [-0.15, -0.1) is 12.6 Å². The molecule has 0 spiro atoms. The Hall–Kier alpha value is -0.700. The van der Waals surface area contributed by atoms with Crippen molar-refractivity contribution in [2.45, 2.75) is 45.1 Å². The molecule has 1 unspecified atom stereocenters. The van der Waals surface area contributed by atoms with Crippen molar-refractivity contribution in [3.8, 4) is 0 Å². The summed E-state index contributed by atoms with van der Waals surface area (Å²) in [5.74, 6) is 0.729. The summed E-state index contributed by atoms with van der Waals surface area (Å²) < 4.78 is 0. The summed E-state index contributed by atoms with van der Waals surface area (Å²) in [7, 11) is 0. The third-order valence-electron chi connectivity index (χ3n) is 3.62. The molecule has 88 valence electrons. The lowest BCUT2D eigenvalue weighted by Crippen LogP contribution is -2.27. The molecule has 1 aliphatic carbocycles. The van der Waals surface area contributed by atoms with E-state index >= 15 is 0 Å². The van der Waals surface area contributed by atoms with Crippen molar-refractivity contribution in [3.05, 3.63) is 17.3 Å². The maximum Gasteiger partial charge on any atom is 0.116 e. The van der Waals surface area contributed by atoms with Crippen molar-refractivity contribution in [2.75, 3.05) is 5.73 Å². The fourth-order valence-corrected chi connectivity index (χ4v) is 2.60. The highest BCUT2D eigenvalue weighted by Gasteiger charge is 2.29. The Kier molecular flexibility index (Phi) is 2.91. The zero-order chi connectivity index (χ0) is 11.9. The zero-order valence-corrected chi connectivity index (χ0v) is 11.1. The van der Waals surface area contributed by atoms with E-state index in [0.717, 1.165) is 18.8 Å². The van der Waals surface area contributed by atoms with Crippen LogP contribution in [0.4, 0.5) is 5.69 Å². The Labute approximate surface area is 103 Å².